The Hall–Kier alpha value is -1.58. The van der Waals surface area contributed by atoms with Crippen molar-refractivity contribution in [3.8, 4) is 0 Å². The predicted molar refractivity (Wildman–Crippen MR) is 62.6 cm³/mol. The monoisotopic (exact) mass is 235 g/mol. The number of nitrogens with zero attached hydrogens (tertiary/aromatic N) is 1. The molecule has 4 heteroatoms. The summed E-state index contributed by atoms with van der Waals surface area (Å²) in [5.74, 6) is -0.737. The van der Waals surface area contributed by atoms with Crippen LogP contribution in [0.5, 0.6) is 0 Å². The Bertz CT molecular complexity index is 593. The predicted octanol–water partition coefficient (Wildman–Crippen LogP) is 3.24. The van der Waals surface area contributed by atoms with E-state index in [2.05, 4.69) is 0 Å². The molecular weight excluding hydrogens is 221 g/mol. The second kappa shape index (κ2) is 4.02. The number of aromatic nitrogens is 1. The Kier molecular flexibility index (Phi) is 2.50. The van der Waals surface area contributed by atoms with Gasteiger partial charge in [-0.2, -0.15) is 0 Å². The Balaban J connectivity index is 2.14. The van der Waals surface area contributed by atoms with Crippen LogP contribution in [0.15, 0.2) is 27.4 Å². The number of benzene rings is 1. The summed E-state index contributed by atoms with van der Waals surface area (Å²) in [5.41, 5.74) is 1.06. The van der Waals surface area contributed by atoms with Gasteiger partial charge in [0, 0.05) is 12.1 Å². The van der Waals surface area contributed by atoms with E-state index in [1.807, 2.05) is 0 Å². The molecule has 0 aliphatic heterocycles. The Morgan fingerprint density at radius 2 is 2.00 bits per heavy atom. The summed E-state index contributed by atoms with van der Waals surface area (Å²) >= 11 is 0. The Labute approximate surface area is 97.8 Å². The van der Waals surface area contributed by atoms with Crippen LogP contribution < -0.4 is 5.76 Å². The molecule has 1 aromatic carbocycles. The van der Waals surface area contributed by atoms with E-state index < -0.39 is 0 Å². The molecule has 1 fully saturated rings. The summed E-state index contributed by atoms with van der Waals surface area (Å²) in [7, 11) is 0. The number of hydrogen-bond donors (Lipinski definition) is 0. The molecule has 0 unspecified atom stereocenters. The standard InChI is InChI=1S/C13H14FNO2/c14-9-6-7-11-12(8-9)17-13(16)15(11)10-4-2-1-3-5-10/h6-8,10H,1-5H2. The normalized spacial score (nSPS) is 17.7. The highest BCUT2D eigenvalue weighted by molar-refractivity contribution is 5.72. The van der Waals surface area contributed by atoms with Gasteiger partial charge in [0.05, 0.1) is 5.52 Å². The van der Waals surface area contributed by atoms with Gasteiger partial charge in [0.1, 0.15) is 5.82 Å². The van der Waals surface area contributed by atoms with Gasteiger partial charge in [0.25, 0.3) is 0 Å². The van der Waals surface area contributed by atoms with Gasteiger partial charge in [-0.25, -0.2) is 9.18 Å². The van der Waals surface area contributed by atoms with E-state index in [-0.39, 0.29) is 17.6 Å². The fourth-order valence-electron chi connectivity index (χ4n) is 2.70. The van der Waals surface area contributed by atoms with E-state index in [1.54, 1.807) is 10.6 Å². The van der Waals surface area contributed by atoms with Crippen molar-refractivity contribution in [3.05, 3.63) is 34.6 Å². The van der Waals surface area contributed by atoms with Crippen LogP contribution in [0.4, 0.5) is 4.39 Å². The number of rotatable bonds is 1. The van der Waals surface area contributed by atoms with Gasteiger partial charge in [-0.3, -0.25) is 4.57 Å². The topological polar surface area (TPSA) is 35.1 Å². The van der Waals surface area contributed by atoms with Crippen molar-refractivity contribution in [3.63, 3.8) is 0 Å². The van der Waals surface area contributed by atoms with E-state index in [1.165, 1.54) is 18.6 Å². The fraction of sp³-hybridized carbons (Fsp3) is 0.462. The van der Waals surface area contributed by atoms with Crippen molar-refractivity contribution in [1.82, 2.24) is 4.57 Å². The van der Waals surface area contributed by atoms with Crippen molar-refractivity contribution < 1.29 is 8.81 Å². The van der Waals surface area contributed by atoms with Gasteiger partial charge in [0.2, 0.25) is 0 Å². The lowest BCUT2D eigenvalue weighted by molar-refractivity contribution is 0.336. The molecule has 3 rings (SSSR count). The Morgan fingerprint density at radius 1 is 1.24 bits per heavy atom. The minimum Gasteiger partial charge on any atom is -0.408 e. The van der Waals surface area contributed by atoms with Crippen molar-refractivity contribution in [2.24, 2.45) is 0 Å². The largest absolute Gasteiger partial charge is 0.420 e. The minimum absolute atomic E-state index is 0.211. The number of oxazole rings is 1. The zero-order valence-corrected chi connectivity index (χ0v) is 9.49. The van der Waals surface area contributed by atoms with Crippen LogP contribution in [-0.2, 0) is 0 Å². The maximum absolute atomic E-state index is 13.0. The molecule has 17 heavy (non-hydrogen) atoms. The third-order valence-corrected chi connectivity index (χ3v) is 3.52. The second-order valence-electron chi connectivity index (χ2n) is 4.64. The van der Waals surface area contributed by atoms with Crippen LogP contribution in [0.25, 0.3) is 11.1 Å². The average molecular weight is 235 g/mol. The molecule has 0 spiro atoms. The molecule has 0 amide bonds. The molecule has 3 nitrogen and oxygen atoms in total. The van der Waals surface area contributed by atoms with Gasteiger partial charge < -0.3 is 4.42 Å². The number of halogens is 1. The molecule has 0 N–H and O–H groups in total. The van der Waals surface area contributed by atoms with Crippen molar-refractivity contribution >= 4 is 11.1 Å². The molecule has 0 bridgehead atoms. The van der Waals surface area contributed by atoms with Crippen molar-refractivity contribution in [2.75, 3.05) is 0 Å². The smallest absolute Gasteiger partial charge is 0.408 e. The maximum Gasteiger partial charge on any atom is 0.420 e. The quantitative estimate of drug-likeness (QED) is 0.760. The molecule has 1 aromatic heterocycles. The van der Waals surface area contributed by atoms with Gasteiger partial charge in [-0.1, -0.05) is 19.3 Å². The molecule has 1 aliphatic carbocycles. The van der Waals surface area contributed by atoms with Crippen LogP contribution >= 0.6 is 0 Å². The highest BCUT2D eigenvalue weighted by atomic mass is 19.1. The zero-order chi connectivity index (χ0) is 11.8. The van der Waals surface area contributed by atoms with Crippen LogP contribution in [0.2, 0.25) is 0 Å². The first kappa shape index (κ1) is 10.6. The number of hydrogen-bond acceptors (Lipinski definition) is 2. The number of fused-ring (bicyclic) bond motifs is 1. The van der Waals surface area contributed by atoms with Gasteiger partial charge in [-0.05, 0) is 25.0 Å². The molecule has 1 heterocycles. The lowest BCUT2D eigenvalue weighted by atomic mass is 9.95. The van der Waals surface area contributed by atoms with Gasteiger partial charge in [-0.15, -0.1) is 0 Å². The molecular formula is C13H14FNO2. The minimum atomic E-state index is -0.373. The average Bonchev–Trinajstić information content (AvgIpc) is 2.65. The second-order valence-corrected chi connectivity index (χ2v) is 4.64. The summed E-state index contributed by atoms with van der Waals surface area (Å²) < 4.78 is 19.8. The molecule has 0 radical (unpaired) electrons. The first-order valence-corrected chi connectivity index (χ1v) is 6.06. The van der Waals surface area contributed by atoms with E-state index in [9.17, 15) is 9.18 Å². The first-order chi connectivity index (χ1) is 8.25. The SMILES string of the molecule is O=c1oc2cc(F)ccc2n1C1CCCCC1. The molecule has 1 saturated carbocycles. The fourth-order valence-corrected chi connectivity index (χ4v) is 2.70. The van der Waals surface area contributed by atoms with E-state index in [0.29, 0.717) is 11.1 Å². The van der Waals surface area contributed by atoms with E-state index in [0.717, 1.165) is 25.7 Å². The Morgan fingerprint density at radius 3 is 2.76 bits per heavy atom. The first-order valence-electron chi connectivity index (χ1n) is 6.06. The van der Waals surface area contributed by atoms with Crippen LogP contribution in [-0.4, -0.2) is 4.57 Å². The summed E-state index contributed by atoms with van der Waals surface area (Å²) in [6.07, 6.45) is 5.53. The van der Waals surface area contributed by atoms with Crippen LogP contribution in [0.1, 0.15) is 38.1 Å². The lowest BCUT2D eigenvalue weighted by Gasteiger charge is -2.22. The summed E-state index contributed by atoms with van der Waals surface area (Å²) in [6.45, 7) is 0. The highest BCUT2D eigenvalue weighted by Crippen LogP contribution is 2.29. The highest BCUT2D eigenvalue weighted by Gasteiger charge is 2.21. The maximum atomic E-state index is 13.0. The van der Waals surface area contributed by atoms with Crippen LogP contribution in [0.3, 0.4) is 0 Å². The summed E-state index contributed by atoms with van der Waals surface area (Å²) in [4.78, 5) is 11.8. The van der Waals surface area contributed by atoms with Gasteiger partial charge >= 0.3 is 5.76 Å². The van der Waals surface area contributed by atoms with Crippen LogP contribution in [0, 0.1) is 5.82 Å². The molecule has 1 aliphatic rings. The molecule has 0 saturated heterocycles. The molecule has 90 valence electrons. The lowest BCUT2D eigenvalue weighted by Crippen LogP contribution is -2.22. The van der Waals surface area contributed by atoms with E-state index in [4.69, 9.17) is 4.42 Å². The van der Waals surface area contributed by atoms with Crippen molar-refractivity contribution in [1.29, 1.82) is 0 Å². The van der Waals surface area contributed by atoms with E-state index >= 15 is 0 Å². The summed E-state index contributed by atoms with van der Waals surface area (Å²) in [6, 6.07) is 4.49. The zero-order valence-electron chi connectivity index (χ0n) is 9.49. The van der Waals surface area contributed by atoms with Gasteiger partial charge in [0.15, 0.2) is 5.58 Å². The third kappa shape index (κ3) is 1.77. The molecule has 0 atom stereocenters. The summed E-state index contributed by atoms with van der Waals surface area (Å²) in [5, 5.41) is 0. The van der Waals surface area contributed by atoms with Crippen molar-refractivity contribution in [2.45, 2.75) is 38.1 Å². The molecule has 2 aromatic rings. The third-order valence-electron chi connectivity index (χ3n) is 3.52.